The van der Waals surface area contributed by atoms with Crippen molar-refractivity contribution in [3.8, 4) is 0 Å². The number of aliphatic hydroxyl groups is 1. The molecule has 5 heteroatoms. The first-order chi connectivity index (χ1) is 8.69. The summed E-state index contributed by atoms with van der Waals surface area (Å²) < 4.78 is 5.71. The van der Waals surface area contributed by atoms with Crippen molar-refractivity contribution in [3.63, 3.8) is 0 Å². The molecule has 0 radical (unpaired) electrons. The fraction of sp³-hybridized carbons (Fsp3) is 0.692. The van der Waals surface area contributed by atoms with Crippen LogP contribution in [0, 0.1) is 6.92 Å². The van der Waals surface area contributed by atoms with Gasteiger partial charge in [-0.15, -0.1) is 0 Å². The number of anilines is 1. The first-order valence-corrected chi connectivity index (χ1v) is 6.47. The van der Waals surface area contributed by atoms with E-state index in [1.807, 2.05) is 18.9 Å². The monoisotopic (exact) mass is 251 g/mol. The van der Waals surface area contributed by atoms with E-state index in [9.17, 15) is 0 Å². The molecule has 0 bridgehead atoms. The van der Waals surface area contributed by atoms with Crippen LogP contribution in [0.25, 0.3) is 0 Å². The van der Waals surface area contributed by atoms with Crippen molar-refractivity contribution in [1.82, 2.24) is 9.97 Å². The van der Waals surface area contributed by atoms with E-state index in [1.165, 1.54) is 6.42 Å². The number of rotatable bonds is 4. The summed E-state index contributed by atoms with van der Waals surface area (Å²) in [5.74, 6) is 0.660. The van der Waals surface area contributed by atoms with Crippen molar-refractivity contribution in [2.45, 2.75) is 38.9 Å². The summed E-state index contributed by atoms with van der Waals surface area (Å²) in [6.45, 7) is 3.52. The largest absolute Gasteiger partial charge is 0.390 e. The van der Waals surface area contributed by atoms with Crippen LogP contribution in [-0.4, -0.2) is 41.4 Å². The second kappa shape index (κ2) is 6.11. The molecule has 1 aliphatic rings. The minimum absolute atomic E-state index is 0.0515. The standard InChI is InChI=1S/C13H21N3O2/c1-10-7-11(9-17)15-13(14-10)16(2)8-12-5-3-4-6-18-12/h7,12,17H,3-6,8-9H2,1-2H3. The molecule has 1 unspecified atom stereocenters. The number of aromatic nitrogens is 2. The van der Waals surface area contributed by atoms with E-state index in [1.54, 1.807) is 6.07 Å². The van der Waals surface area contributed by atoms with Crippen LogP contribution in [0.2, 0.25) is 0 Å². The average molecular weight is 251 g/mol. The number of hydrogen-bond donors (Lipinski definition) is 1. The van der Waals surface area contributed by atoms with Gasteiger partial charge in [-0.25, -0.2) is 9.97 Å². The predicted molar refractivity (Wildman–Crippen MR) is 69.6 cm³/mol. The summed E-state index contributed by atoms with van der Waals surface area (Å²) in [6.07, 6.45) is 3.76. The first kappa shape index (κ1) is 13.2. The van der Waals surface area contributed by atoms with E-state index in [-0.39, 0.29) is 12.7 Å². The van der Waals surface area contributed by atoms with E-state index in [2.05, 4.69) is 9.97 Å². The SMILES string of the molecule is Cc1cc(CO)nc(N(C)CC2CCCCO2)n1. The summed E-state index contributed by atoms with van der Waals surface area (Å²) in [5, 5.41) is 9.16. The van der Waals surface area contributed by atoms with Crippen molar-refractivity contribution >= 4 is 5.95 Å². The third-order valence-corrected chi connectivity index (χ3v) is 3.15. The van der Waals surface area contributed by atoms with Crippen LogP contribution in [0.4, 0.5) is 5.95 Å². The lowest BCUT2D eigenvalue weighted by Gasteiger charge is -2.27. The van der Waals surface area contributed by atoms with Gasteiger partial charge in [-0.3, -0.25) is 0 Å². The lowest BCUT2D eigenvalue weighted by atomic mass is 10.1. The maximum atomic E-state index is 9.16. The maximum absolute atomic E-state index is 9.16. The van der Waals surface area contributed by atoms with Crippen LogP contribution in [-0.2, 0) is 11.3 Å². The lowest BCUT2D eigenvalue weighted by Crippen LogP contribution is -2.34. The molecule has 1 fully saturated rings. The van der Waals surface area contributed by atoms with E-state index < -0.39 is 0 Å². The van der Waals surface area contributed by atoms with Gasteiger partial charge in [-0.1, -0.05) is 0 Å². The molecule has 100 valence electrons. The summed E-state index contributed by atoms with van der Waals surface area (Å²) in [6, 6.07) is 1.80. The second-order valence-electron chi connectivity index (χ2n) is 4.83. The van der Waals surface area contributed by atoms with Crippen molar-refractivity contribution in [1.29, 1.82) is 0 Å². The van der Waals surface area contributed by atoms with Gasteiger partial charge in [0.05, 0.1) is 18.4 Å². The molecule has 0 aromatic carbocycles. The highest BCUT2D eigenvalue weighted by atomic mass is 16.5. The fourth-order valence-corrected chi connectivity index (χ4v) is 2.21. The number of nitrogens with zero attached hydrogens (tertiary/aromatic N) is 3. The van der Waals surface area contributed by atoms with Crippen molar-refractivity contribution in [3.05, 3.63) is 17.5 Å². The molecule has 5 nitrogen and oxygen atoms in total. The summed E-state index contributed by atoms with van der Waals surface area (Å²) in [7, 11) is 1.97. The molecule has 18 heavy (non-hydrogen) atoms. The summed E-state index contributed by atoms with van der Waals surface area (Å²) in [4.78, 5) is 10.7. The molecule has 2 heterocycles. The molecule has 0 saturated carbocycles. The molecule has 1 aromatic heterocycles. The zero-order chi connectivity index (χ0) is 13.0. The Balaban J connectivity index is 2.02. The maximum Gasteiger partial charge on any atom is 0.225 e. The quantitative estimate of drug-likeness (QED) is 0.873. The summed E-state index contributed by atoms with van der Waals surface area (Å²) >= 11 is 0. The van der Waals surface area contributed by atoms with Gasteiger partial charge >= 0.3 is 0 Å². The molecule has 1 aromatic rings. The zero-order valence-electron chi connectivity index (χ0n) is 11.1. The number of hydrogen-bond acceptors (Lipinski definition) is 5. The minimum Gasteiger partial charge on any atom is -0.390 e. The Kier molecular flexibility index (Phi) is 4.49. The Bertz CT molecular complexity index is 392. The van der Waals surface area contributed by atoms with Crippen LogP contribution in [0.15, 0.2) is 6.07 Å². The van der Waals surface area contributed by atoms with Gasteiger partial charge in [0.25, 0.3) is 0 Å². The van der Waals surface area contributed by atoms with E-state index in [0.717, 1.165) is 31.7 Å². The second-order valence-corrected chi connectivity index (χ2v) is 4.83. The fourth-order valence-electron chi connectivity index (χ4n) is 2.21. The lowest BCUT2D eigenvalue weighted by molar-refractivity contribution is 0.0214. The van der Waals surface area contributed by atoms with Crippen LogP contribution in [0.1, 0.15) is 30.7 Å². The number of ether oxygens (including phenoxy) is 1. The van der Waals surface area contributed by atoms with Gasteiger partial charge in [0.1, 0.15) is 0 Å². The van der Waals surface area contributed by atoms with Crippen molar-refractivity contribution < 1.29 is 9.84 Å². The Hall–Kier alpha value is -1.20. The van der Waals surface area contributed by atoms with E-state index in [4.69, 9.17) is 9.84 Å². The van der Waals surface area contributed by atoms with E-state index >= 15 is 0 Å². The topological polar surface area (TPSA) is 58.5 Å². The molecule has 2 rings (SSSR count). The Morgan fingerprint density at radius 2 is 2.28 bits per heavy atom. The Labute approximate surface area is 108 Å². The molecule has 0 aliphatic carbocycles. The molecular formula is C13H21N3O2. The van der Waals surface area contributed by atoms with E-state index in [0.29, 0.717) is 11.6 Å². The number of aryl methyl sites for hydroxylation is 1. The highest BCUT2D eigenvalue weighted by molar-refractivity contribution is 5.31. The Morgan fingerprint density at radius 3 is 2.94 bits per heavy atom. The third kappa shape index (κ3) is 3.40. The van der Waals surface area contributed by atoms with Gasteiger partial charge in [0.2, 0.25) is 5.95 Å². The van der Waals surface area contributed by atoms with Crippen LogP contribution in [0.5, 0.6) is 0 Å². The first-order valence-electron chi connectivity index (χ1n) is 6.47. The molecule has 1 saturated heterocycles. The minimum atomic E-state index is -0.0515. The molecule has 1 N–H and O–H groups in total. The molecule has 1 aliphatic heterocycles. The molecule has 1 atom stereocenters. The van der Waals surface area contributed by atoms with Crippen LogP contribution in [0.3, 0.4) is 0 Å². The zero-order valence-corrected chi connectivity index (χ0v) is 11.1. The van der Waals surface area contributed by atoms with Gasteiger partial charge in [0.15, 0.2) is 0 Å². The highest BCUT2D eigenvalue weighted by Gasteiger charge is 2.17. The highest BCUT2D eigenvalue weighted by Crippen LogP contribution is 2.16. The molecular weight excluding hydrogens is 230 g/mol. The van der Waals surface area contributed by atoms with Crippen molar-refractivity contribution in [2.24, 2.45) is 0 Å². The number of aliphatic hydroxyl groups excluding tert-OH is 1. The van der Waals surface area contributed by atoms with Gasteiger partial charge < -0.3 is 14.7 Å². The van der Waals surface area contributed by atoms with Crippen LogP contribution < -0.4 is 4.90 Å². The third-order valence-electron chi connectivity index (χ3n) is 3.15. The summed E-state index contributed by atoms with van der Waals surface area (Å²) in [5.41, 5.74) is 1.54. The molecule has 0 spiro atoms. The van der Waals surface area contributed by atoms with Crippen LogP contribution >= 0.6 is 0 Å². The number of likely N-dealkylation sites (N-methyl/N-ethyl adjacent to an activating group) is 1. The average Bonchev–Trinajstić information content (AvgIpc) is 2.39. The van der Waals surface area contributed by atoms with Crippen molar-refractivity contribution in [2.75, 3.05) is 25.1 Å². The predicted octanol–water partition coefficient (Wildman–Crippen LogP) is 1.28. The molecule has 0 amide bonds. The van der Waals surface area contributed by atoms with Gasteiger partial charge in [-0.2, -0.15) is 0 Å². The smallest absolute Gasteiger partial charge is 0.225 e. The van der Waals surface area contributed by atoms with Gasteiger partial charge in [0, 0.05) is 25.9 Å². The normalized spacial score (nSPS) is 19.8. The van der Waals surface area contributed by atoms with Gasteiger partial charge in [-0.05, 0) is 32.3 Å². The Morgan fingerprint density at radius 1 is 1.44 bits per heavy atom.